The molecule has 0 aromatic rings. The molecule has 1 saturated carbocycles. The lowest BCUT2D eigenvalue weighted by Crippen LogP contribution is -2.36. The van der Waals surface area contributed by atoms with Gasteiger partial charge in [-0.1, -0.05) is 6.92 Å². The number of aliphatic hydroxyl groups is 1. The Hall–Kier alpha value is -0.770. The zero-order valence-corrected chi connectivity index (χ0v) is 11.3. The van der Waals surface area contributed by atoms with Gasteiger partial charge in [-0.2, -0.15) is 0 Å². The molecule has 1 aliphatic rings. The second-order valence-corrected chi connectivity index (χ2v) is 6.09. The number of carbonyl (C=O) groups is 1. The van der Waals surface area contributed by atoms with E-state index in [0.717, 1.165) is 19.3 Å². The second-order valence-electron chi connectivity index (χ2n) is 6.09. The van der Waals surface area contributed by atoms with Crippen LogP contribution in [0.4, 0.5) is 4.79 Å². The third-order valence-corrected chi connectivity index (χ3v) is 3.22. The van der Waals surface area contributed by atoms with Crippen LogP contribution in [0, 0.1) is 11.8 Å². The van der Waals surface area contributed by atoms with Crippen LogP contribution in [0.15, 0.2) is 0 Å². The molecule has 0 radical (unpaired) electrons. The summed E-state index contributed by atoms with van der Waals surface area (Å²) in [6.07, 6.45) is 2.29. The normalized spacial score (nSPS) is 26.6. The minimum absolute atomic E-state index is 0.149. The van der Waals surface area contributed by atoms with Gasteiger partial charge in [-0.05, 0) is 51.9 Å². The fourth-order valence-corrected chi connectivity index (χ4v) is 2.23. The van der Waals surface area contributed by atoms with Crippen LogP contribution in [0.2, 0.25) is 0 Å². The summed E-state index contributed by atoms with van der Waals surface area (Å²) in [4.78, 5) is 11.5. The van der Waals surface area contributed by atoms with Crippen LogP contribution in [0.25, 0.3) is 0 Å². The van der Waals surface area contributed by atoms with Gasteiger partial charge in [-0.25, -0.2) is 4.79 Å². The number of carbonyl (C=O) groups excluding carboxylic acids is 1. The Morgan fingerprint density at radius 1 is 1.47 bits per heavy atom. The van der Waals surface area contributed by atoms with E-state index in [1.807, 2.05) is 20.8 Å². The van der Waals surface area contributed by atoms with E-state index in [0.29, 0.717) is 18.4 Å². The zero-order valence-electron chi connectivity index (χ0n) is 11.3. The lowest BCUT2D eigenvalue weighted by atomic mass is 9.92. The van der Waals surface area contributed by atoms with E-state index in [9.17, 15) is 9.90 Å². The molecule has 1 rings (SSSR count). The predicted octanol–water partition coefficient (Wildman–Crippen LogP) is 2.31. The Morgan fingerprint density at radius 3 is 2.59 bits per heavy atom. The second kappa shape index (κ2) is 5.71. The molecule has 3 atom stereocenters. The molecule has 1 unspecified atom stereocenters. The zero-order chi connectivity index (χ0) is 13.1. The molecule has 0 heterocycles. The summed E-state index contributed by atoms with van der Waals surface area (Å²) >= 11 is 0. The van der Waals surface area contributed by atoms with Gasteiger partial charge in [0.2, 0.25) is 0 Å². The highest BCUT2D eigenvalue weighted by Crippen LogP contribution is 2.31. The highest BCUT2D eigenvalue weighted by atomic mass is 16.6. The van der Waals surface area contributed by atoms with E-state index < -0.39 is 5.60 Å². The molecule has 0 bridgehead atoms. The van der Waals surface area contributed by atoms with E-state index in [2.05, 4.69) is 12.2 Å². The summed E-state index contributed by atoms with van der Waals surface area (Å²) in [7, 11) is 0. The van der Waals surface area contributed by atoms with Crippen molar-refractivity contribution in [1.82, 2.24) is 5.32 Å². The largest absolute Gasteiger partial charge is 0.444 e. The third kappa shape index (κ3) is 5.39. The Balaban J connectivity index is 2.24. The molecule has 4 nitrogen and oxygen atoms in total. The first kappa shape index (κ1) is 14.3. The number of hydrogen-bond donors (Lipinski definition) is 2. The summed E-state index contributed by atoms with van der Waals surface area (Å²) in [6, 6.07) is 0. The van der Waals surface area contributed by atoms with Crippen molar-refractivity contribution in [3.8, 4) is 0 Å². The van der Waals surface area contributed by atoms with Gasteiger partial charge in [0.1, 0.15) is 5.60 Å². The fourth-order valence-electron chi connectivity index (χ4n) is 2.23. The van der Waals surface area contributed by atoms with Crippen molar-refractivity contribution in [2.75, 3.05) is 6.54 Å². The monoisotopic (exact) mass is 243 g/mol. The summed E-state index contributed by atoms with van der Waals surface area (Å²) in [6.45, 7) is 8.28. The predicted molar refractivity (Wildman–Crippen MR) is 66.7 cm³/mol. The van der Waals surface area contributed by atoms with Crippen molar-refractivity contribution >= 4 is 6.09 Å². The molecule has 100 valence electrons. The van der Waals surface area contributed by atoms with E-state index in [1.165, 1.54) is 0 Å². The van der Waals surface area contributed by atoms with E-state index in [4.69, 9.17) is 4.74 Å². The Bertz CT molecular complexity index is 260. The van der Waals surface area contributed by atoms with Gasteiger partial charge in [-0.15, -0.1) is 0 Å². The molecular weight excluding hydrogens is 218 g/mol. The van der Waals surface area contributed by atoms with Gasteiger partial charge in [0, 0.05) is 6.54 Å². The fraction of sp³-hybridized carbons (Fsp3) is 0.923. The molecule has 1 fully saturated rings. The number of amides is 1. The molecule has 0 aliphatic heterocycles. The maximum Gasteiger partial charge on any atom is 0.407 e. The SMILES string of the molecule is C[C@@H](CNC(=O)OC(C)(C)C)[C@@H]1CCC(O)C1. The van der Waals surface area contributed by atoms with Crippen molar-refractivity contribution in [3.63, 3.8) is 0 Å². The van der Waals surface area contributed by atoms with E-state index in [1.54, 1.807) is 0 Å². The van der Waals surface area contributed by atoms with Gasteiger partial charge >= 0.3 is 6.09 Å². The highest BCUT2D eigenvalue weighted by Gasteiger charge is 2.27. The smallest absolute Gasteiger partial charge is 0.407 e. The molecule has 2 N–H and O–H groups in total. The minimum Gasteiger partial charge on any atom is -0.444 e. The number of alkyl carbamates (subject to hydrolysis) is 1. The van der Waals surface area contributed by atoms with Crippen LogP contribution in [0.3, 0.4) is 0 Å². The Labute approximate surface area is 104 Å². The van der Waals surface area contributed by atoms with Crippen LogP contribution in [-0.2, 0) is 4.74 Å². The maximum absolute atomic E-state index is 11.5. The first-order valence-corrected chi connectivity index (χ1v) is 6.43. The average Bonchev–Trinajstić information content (AvgIpc) is 2.58. The molecule has 0 aromatic carbocycles. The van der Waals surface area contributed by atoms with Gasteiger partial charge in [0.15, 0.2) is 0 Å². The van der Waals surface area contributed by atoms with Crippen molar-refractivity contribution in [2.45, 2.75) is 58.7 Å². The quantitative estimate of drug-likeness (QED) is 0.799. The van der Waals surface area contributed by atoms with Gasteiger partial charge < -0.3 is 15.2 Å². The lowest BCUT2D eigenvalue weighted by Gasteiger charge is -2.22. The molecule has 0 saturated heterocycles. The van der Waals surface area contributed by atoms with Gasteiger partial charge in [-0.3, -0.25) is 0 Å². The van der Waals surface area contributed by atoms with Gasteiger partial charge in [0.25, 0.3) is 0 Å². The first-order valence-electron chi connectivity index (χ1n) is 6.43. The van der Waals surface area contributed by atoms with Crippen molar-refractivity contribution in [3.05, 3.63) is 0 Å². The standard InChI is InChI=1S/C13H25NO3/c1-9(10-5-6-11(15)7-10)8-14-12(16)17-13(2,3)4/h9-11,15H,5-8H2,1-4H3,(H,14,16)/t9-,10+,11?/m0/s1. The van der Waals surface area contributed by atoms with Crippen molar-refractivity contribution < 1.29 is 14.6 Å². The van der Waals surface area contributed by atoms with Crippen LogP contribution in [0.5, 0.6) is 0 Å². The number of aliphatic hydroxyl groups excluding tert-OH is 1. The topological polar surface area (TPSA) is 58.6 Å². The Kier molecular flexibility index (Phi) is 4.80. The number of ether oxygens (including phenoxy) is 1. The van der Waals surface area contributed by atoms with Crippen LogP contribution in [0.1, 0.15) is 47.0 Å². The first-order chi connectivity index (χ1) is 7.78. The van der Waals surface area contributed by atoms with E-state index >= 15 is 0 Å². The summed E-state index contributed by atoms with van der Waals surface area (Å²) in [5.41, 5.74) is -0.448. The van der Waals surface area contributed by atoms with Crippen LogP contribution >= 0.6 is 0 Å². The van der Waals surface area contributed by atoms with Gasteiger partial charge in [0.05, 0.1) is 6.10 Å². The summed E-state index contributed by atoms with van der Waals surface area (Å²) < 4.78 is 5.17. The summed E-state index contributed by atoms with van der Waals surface area (Å²) in [5.74, 6) is 0.902. The molecule has 0 aromatic heterocycles. The molecular formula is C13H25NO3. The molecule has 1 amide bonds. The van der Waals surface area contributed by atoms with Crippen molar-refractivity contribution in [1.29, 1.82) is 0 Å². The maximum atomic E-state index is 11.5. The molecule has 1 aliphatic carbocycles. The van der Waals surface area contributed by atoms with Crippen molar-refractivity contribution in [2.24, 2.45) is 11.8 Å². The molecule has 17 heavy (non-hydrogen) atoms. The summed E-state index contributed by atoms with van der Waals surface area (Å²) in [5, 5.41) is 12.3. The number of nitrogens with one attached hydrogen (secondary N) is 1. The third-order valence-electron chi connectivity index (χ3n) is 3.22. The lowest BCUT2D eigenvalue weighted by molar-refractivity contribution is 0.0514. The Morgan fingerprint density at radius 2 is 2.12 bits per heavy atom. The highest BCUT2D eigenvalue weighted by molar-refractivity contribution is 5.67. The van der Waals surface area contributed by atoms with Crippen LogP contribution in [-0.4, -0.2) is 29.4 Å². The number of hydrogen-bond acceptors (Lipinski definition) is 3. The minimum atomic E-state index is -0.448. The number of rotatable bonds is 3. The van der Waals surface area contributed by atoms with E-state index in [-0.39, 0.29) is 12.2 Å². The molecule has 4 heteroatoms. The average molecular weight is 243 g/mol. The molecule has 0 spiro atoms. The van der Waals surface area contributed by atoms with Crippen LogP contribution < -0.4 is 5.32 Å².